The highest BCUT2D eigenvalue weighted by Gasteiger charge is 2.20. The zero-order chi connectivity index (χ0) is 22.4. The lowest BCUT2D eigenvalue weighted by molar-refractivity contribution is -0.651. The van der Waals surface area contributed by atoms with Gasteiger partial charge in [-0.1, -0.05) is 19.4 Å². The fourth-order valence-corrected chi connectivity index (χ4v) is 3.75. The molecule has 0 saturated heterocycles. The molecule has 164 valence electrons. The molecule has 0 atom stereocenters. The minimum Gasteiger partial charge on any atom is -0.450 e. The summed E-state index contributed by atoms with van der Waals surface area (Å²) in [7, 11) is 2.03. The van der Waals surface area contributed by atoms with Crippen LogP contribution in [-0.2, 0) is 22.9 Å². The van der Waals surface area contributed by atoms with Crippen molar-refractivity contribution in [3.63, 3.8) is 0 Å². The van der Waals surface area contributed by atoms with Gasteiger partial charge in [0.05, 0.1) is 29.7 Å². The fourth-order valence-electron chi connectivity index (χ4n) is 3.75. The molecule has 0 fully saturated rings. The van der Waals surface area contributed by atoms with Crippen molar-refractivity contribution in [1.29, 1.82) is 0 Å². The van der Waals surface area contributed by atoms with Crippen molar-refractivity contribution in [2.24, 2.45) is 7.05 Å². The van der Waals surface area contributed by atoms with Crippen LogP contribution in [-0.4, -0.2) is 25.4 Å². The molecule has 2 N–H and O–H groups in total. The van der Waals surface area contributed by atoms with Crippen LogP contribution < -0.4 is 15.2 Å². The highest BCUT2D eigenvalue weighted by molar-refractivity contribution is 6.07. The third-order valence-corrected chi connectivity index (χ3v) is 5.20. The number of aryl methyl sites for hydroxylation is 2. The number of nitrogens with one attached hydrogen (secondary N) is 2. The maximum Gasteiger partial charge on any atom is 0.411 e. The van der Waals surface area contributed by atoms with Crippen molar-refractivity contribution in [1.82, 2.24) is 0 Å². The maximum absolute atomic E-state index is 11.9. The Kier molecular flexibility index (Phi) is 7.28. The number of unbranched alkanes of at least 4 members (excludes halogenated alkanes) is 1. The molecule has 0 spiro atoms. The molecule has 0 radical (unpaired) electrons. The number of ether oxygens (including phenoxy) is 2. The van der Waals surface area contributed by atoms with Gasteiger partial charge < -0.3 is 9.47 Å². The topological polar surface area (TPSA) is 80.5 Å². The Morgan fingerprint density at radius 1 is 0.839 bits per heavy atom. The monoisotopic (exact) mass is 424 g/mol. The zero-order valence-corrected chi connectivity index (χ0v) is 18.6. The number of rotatable bonds is 7. The van der Waals surface area contributed by atoms with Gasteiger partial charge >= 0.3 is 12.2 Å². The molecular formula is C24H30N3O4+. The van der Waals surface area contributed by atoms with E-state index in [0.29, 0.717) is 24.6 Å². The van der Waals surface area contributed by atoms with E-state index in [1.807, 2.05) is 43.4 Å². The normalized spacial score (nSPS) is 10.8. The smallest absolute Gasteiger partial charge is 0.411 e. The number of benzene rings is 2. The van der Waals surface area contributed by atoms with Crippen molar-refractivity contribution >= 4 is 45.2 Å². The van der Waals surface area contributed by atoms with Crippen molar-refractivity contribution in [3.05, 3.63) is 42.1 Å². The fraction of sp³-hybridized carbons (Fsp3) is 0.375. The zero-order valence-electron chi connectivity index (χ0n) is 18.6. The van der Waals surface area contributed by atoms with Crippen molar-refractivity contribution < 1.29 is 23.6 Å². The Morgan fingerprint density at radius 3 is 2.00 bits per heavy atom. The molecule has 2 amide bonds. The van der Waals surface area contributed by atoms with E-state index in [4.69, 9.17) is 9.47 Å². The van der Waals surface area contributed by atoms with Gasteiger partial charge in [0.15, 0.2) is 5.69 Å². The highest BCUT2D eigenvalue weighted by atomic mass is 16.6. The van der Waals surface area contributed by atoms with Gasteiger partial charge in [0.1, 0.15) is 7.05 Å². The number of amides is 2. The third kappa shape index (κ3) is 5.05. The number of hydrogen-bond acceptors (Lipinski definition) is 4. The van der Waals surface area contributed by atoms with Crippen LogP contribution in [0.3, 0.4) is 0 Å². The predicted octanol–water partition coefficient (Wildman–Crippen LogP) is 5.30. The van der Waals surface area contributed by atoms with Crippen molar-refractivity contribution in [3.8, 4) is 0 Å². The predicted molar refractivity (Wildman–Crippen MR) is 123 cm³/mol. The van der Waals surface area contributed by atoms with Gasteiger partial charge in [-0.05, 0) is 44.5 Å². The van der Waals surface area contributed by atoms with Crippen LogP contribution in [0.4, 0.5) is 21.0 Å². The van der Waals surface area contributed by atoms with E-state index in [2.05, 4.69) is 22.1 Å². The summed E-state index contributed by atoms with van der Waals surface area (Å²) in [4.78, 5) is 23.7. The molecular weight excluding hydrogens is 394 g/mol. The molecule has 0 saturated carbocycles. The standard InChI is InChI=1S/C24H29N3O4/c1-5-8-9-21-20-14-16(25-23(28)30-6-2)10-12-18(20)19-13-11-17(15-22(19)27(21)4)26-24(29)31-7-3/h10-15H,5-9H2,1-4H3,(H,25,28)/p+1. The minimum atomic E-state index is -0.466. The van der Waals surface area contributed by atoms with E-state index in [0.717, 1.165) is 40.9 Å². The lowest BCUT2D eigenvalue weighted by Gasteiger charge is -2.12. The molecule has 1 heterocycles. The van der Waals surface area contributed by atoms with Gasteiger partial charge in [0.25, 0.3) is 0 Å². The Labute approximate surface area is 182 Å². The van der Waals surface area contributed by atoms with Crippen LogP contribution in [0, 0.1) is 0 Å². The summed E-state index contributed by atoms with van der Waals surface area (Å²) in [5, 5.41) is 8.82. The van der Waals surface area contributed by atoms with Crippen LogP contribution in [0.5, 0.6) is 0 Å². The van der Waals surface area contributed by atoms with Gasteiger partial charge in [-0.15, -0.1) is 0 Å². The summed E-state index contributed by atoms with van der Waals surface area (Å²) >= 11 is 0. The second kappa shape index (κ2) is 10.1. The molecule has 3 aromatic rings. The van der Waals surface area contributed by atoms with Gasteiger partial charge in [0.2, 0.25) is 5.52 Å². The van der Waals surface area contributed by atoms with Crippen LogP contribution >= 0.6 is 0 Å². The summed E-state index contributed by atoms with van der Waals surface area (Å²) in [6.07, 6.45) is 2.09. The molecule has 0 aliphatic rings. The number of hydrogen-bond donors (Lipinski definition) is 2. The first kappa shape index (κ1) is 22.3. The number of carbonyl (C=O) groups excluding carboxylic acids is 2. The van der Waals surface area contributed by atoms with E-state index < -0.39 is 12.2 Å². The summed E-state index contributed by atoms with van der Waals surface area (Å²) in [5.74, 6) is 0. The molecule has 2 aromatic carbocycles. The molecule has 31 heavy (non-hydrogen) atoms. The van der Waals surface area contributed by atoms with Crippen LogP contribution in [0.2, 0.25) is 0 Å². The Bertz CT molecular complexity index is 1110. The van der Waals surface area contributed by atoms with Gasteiger partial charge in [-0.25, -0.2) is 9.59 Å². The Hall–Kier alpha value is -3.35. The lowest BCUT2D eigenvalue weighted by Crippen LogP contribution is -2.35. The molecule has 7 nitrogen and oxygen atoms in total. The molecule has 0 unspecified atom stereocenters. The maximum atomic E-state index is 11.9. The lowest BCUT2D eigenvalue weighted by atomic mass is 9.99. The number of fused-ring (bicyclic) bond motifs is 3. The highest BCUT2D eigenvalue weighted by Crippen LogP contribution is 2.30. The quantitative estimate of drug-likeness (QED) is 0.399. The minimum absolute atomic E-state index is 0.321. The van der Waals surface area contributed by atoms with Gasteiger partial charge in [0, 0.05) is 23.6 Å². The van der Waals surface area contributed by atoms with E-state index in [1.165, 1.54) is 5.69 Å². The van der Waals surface area contributed by atoms with Gasteiger partial charge in [-0.2, -0.15) is 4.57 Å². The van der Waals surface area contributed by atoms with Crippen molar-refractivity contribution in [2.45, 2.75) is 40.0 Å². The molecule has 0 aliphatic carbocycles. The van der Waals surface area contributed by atoms with E-state index in [-0.39, 0.29) is 0 Å². The molecule has 0 aliphatic heterocycles. The van der Waals surface area contributed by atoms with Gasteiger partial charge in [-0.3, -0.25) is 10.6 Å². The number of anilines is 2. The summed E-state index contributed by atoms with van der Waals surface area (Å²) in [5.41, 5.74) is 3.57. The molecule has 1 aromatic heterocycles. The molecule has 7 heteroatoms. The molecule has 3 rings (SSSR count). The van der Waals surface area contributed by atoms with Crippen LogP contribution in [0.25, 0.3) is 21.7 Å². The van der Waals surface area contributed by atoms with E-state index in [1.54, 1.807) is 13.8 Å². The van der Waals surface area contributed by atoms with Crippen molar-refractivity contribution in [2.75, 3.05) is 23.8 Å². The third-order valence-electron chi connectivity index (χ3n) is 5.20. The summed E-state index contributed by atoms with van der Waals surface area (Å²) in [6, 6.07) is 11.7. The first-order valence-electron chi connectivity index (χ1n) is 10.7. The van der Waals surface area contributed by atoms with Crippen LogP contribution in [0.1, 0.15) is 39.3 Å². The summed E-state index contributed by atoms with van der Waals surface area (Å²) < 4.78 is 12.2. The largest absolute Gasteiger partial charge is 0.450 e. The molecule has 0 bridgehead atoms. The second-order valence-electron chi connectivity index (χ2n) is 7.29. The van der Waals surface area contributed by atoms with Crippen LogP contribution in [0.15, 0.2) is 36.4 Å². The first-order chi connectivity index (χ1) is 15.0. The Morgan fingerprint density at radius 2 is 1.42 bits per heavy atom. The SMILES string of the molecule is CCCCc1c2cc(NC(=O)OCC)ccc2c2ccc(NC(=O)OCC)cc2[n+]1C. The second-order valence-corrected chi connectivity index (χ2v) is 7.29. The summed E-state index contributed by atoms with van der Waals surface area (Å²) in [6.45, 7) is 6.36. The van der Waals surface area contributed by atoms with E-state index in [9.17, 15) is 9.59 Å². The average Bonchev–Trinajstić information content (AvgIpc) is 2.74. The number of nitrogens with zero attached hydrogens (tertiary/aromatic N) is 1. The average molecular weight is 425 g/mol. The van der Waals surface area contributed by atoms with E-state index >= 15 is 0 Å². The Balaban J connectivity index is 2.13. The number of pyridine rings is 1. The first-order valence-corrected chi connectivity index (χ1v) is 10.7. The number of carbonyl (C=O) groups is 2. The number of aromatic nitrogens is 1.